The van der Waals surface area contributed by atoms with Gasteiger partial charge in [0.1, 0.15) is 6.54 Å². The maximum Gasteiger partial charge on any atom is 0.261 e. The second-order valence-electron chi connectivity index (χ2n) is 5.01. The van der Waals surface area contributed by atoms with Gasteiger partial charge in [-0.05, 0) is 18.2 Å². The average molecular weight is 341 g/mol. The van der Waals surface area contributed by atoms with Gasteiger partial charge in [-0.3, -0.25) is 14.2 Å². The summed E-state index contributed by atoms with van der Waals surface area (Å²) >= 11 is 5.99. The van der Waals surface area contributed by atoms with Crippen molar-refractivity contribution in [3.63, 3.8) is 0 Å². The lowest BCUT2D eigenvalue weighted by Gasteiger charge is -2.05. The maximum absolute atomic E-state index is 12.3. The van der Waals surface area contributed by atoms with Crippen LogP contribution >= 0.6 is 11.6 Å². The summed E-state index contributed by atoms with van der Waals surface area (Å²) in [4.78, 5) is 28.4. The molecule has 24 heavy (non-hydrogen) atoms. The van der Waals surface area contributed by atoms with E-state index < -0.39 is 5.91 Å². The van der Waals surface area contributed by atoms with Crippen molar-refractivity contribution >= 4 is 34.6 Å². The molecule has 120 valence electrons. The Balaban J connectivity index is 1.70. The van der Waals surface area contributed by atoms with E-state index in [0.29, 0.717) is 21.5 Å². The molecule has 0 atom stereocenters. The summed E-state index contributed by atoms with van der Waals surface area (Å²) in [7, 11) is 0. The van der Waals surface area contributed by atoms with E-state index in [1.165, 1.54) is 17.1 Å². The lowest BCUT2D eigenvalue weighted by atomic mass is 10.2. The first-order chi connectivity index (χ1) is 11.6. The van der Waals surface area contributed by atoms with E-state index in [1.54, 1.807) is 42.5 Å². The number of aromatic nitrogens is 2. The van der Waals surface area contributed by atoms with Gasteiger partial charge in [-0.1, -0.05) is 41.9 Å². The molecular formula is C17H13ClN4O2. The molecule has 0 bridgehead atoms. The molecule has 3 rings (SSSR count). The summed E-state index contributed by atoms with van der Waals surface area (Å²) in [5.41, 5.74) is 3.37. The Morgan fingerprint density at radius 3 is 2.79 bits per heavy atom. The molecule has 1 N–H and O–H groups in total. The molecule has 0 aliphatic heterocycles. The van der Waals surface area contributed by atoms with Crippen molar-refractivity contribution in [2.45, 2.75) is 6.54 Å². The van der Waals surface area contributed by atoms with Gasteiger partial charge in [-0.15, -0.1) is 0 Å². The van der Waals surface area contributed by atoms with E-state index in [9.17, 15) is 9.59 Å². The van der Waals surface area contributed by atoms with Crippen LogP contribution in [0.25, 0.3) is 10.9 Å². The summed E-state index contributed by atoms with van der Waals surface area (Å²) in [5.74, 6) is -0.433. The molecule has 0 aliphatic rings. The highest BCUT2D eigenvalue weighted by molar-refractivity contribution is 6.33. The smallest absolute Gasteiger partial charge is 0.261 e. The molecule has 1 aromatic heterocycles. The minimum atomic E-state index is -0.433. The van der Waals surface area contributed by atoms with Gasteiger partial charge in [0.25, 0.3) is 11.5 Å². The Morgan fingerprint density at radius 2 is 1.96 bits per heavy atom. The maximum atomic E-state index is 12.3. The van der Waals surface area contributed by atoms with Gasteiger partial charge in [0.15, 0.2) is 0 Å². The molecule has 6 nitrogen and oxygen atoms in total. The van der Waals surface area contributed by atoms with E-state index in [-0.39, 0.29) is 12.1 Å². The first-order valence-corrected chi connectivity index (χ1v) is 7.53. The second-order valence-corrected chi connectivity index (χ2v) is 5.42. The number of carbonyl (C=O) groups is 1. The molecule has 0 saturated heterocycles. The normalized spacial score (nSPS) is 11.0. The number of benzene rings is 2. The molecule has 3 aromatic rings. The number of nitrogens with one attached hydrogen (secondary N) is 1. The minimum absolute atomic E-state index is 0.170. The number of fused-ring (bicyclic) bond motifs is 1. The molecule has 0 aliphatic carbocycles. The van der Waals surface area contributed by atoms with E-state index in [1.807, 2.05) is 6.07 Å². The highest BCUT2D eigenvalue weighted by Crippen LogP contribution is 2.12. The van der Waals surface area contributed by atoms with E-state index >= 15 is 0 Å². The van der Waals surface area contributed by atoms with Crippen molar-refractivity contribution in [3.8, 4) is 0 Å². The summed E-state index contributed by atoms with van der Waals surface area (Å²) in [5, 5.41) is 4.84. The number of carbonyl (C=O) groups excluding carboxylic acids is 1. The molecule has 0 spiro atoms. The van der Waals surface area contributed by atoms with Crippen molar-refractivity contribution in [2.75, 3.05) is 0 Å². The van der Waals surface area contributed by atoms with Crippen molar-refractivity contribution in [1.82, 2.24) is 15.0 Å². The highest BCUT2D eigenvalue weighted by atomic mass is 35.5. The van der Waals surface area contributed by atoms with Crippen LogP contribution in [0.2, 0.25) is 5.02 Å². The molecule has 0 unspecified atom stereocenters. The van der Waals surface area contributed by atoms with Crippen LogP contribution in [0.15, 0.2) is 64.8 Å². The van der Waals surface area contributed by atoms with Gasteiger partial charge >= 0.3 is 0 Å². The Bertz CT molecular complexity index is 981. The van der Waals surface area contributed by atoms with Crippen LogP contribution in [-0.2, 0) is 11.3 Å². The van der Waals surface area contributed by atoms with E-state index in [0.717, 1.165) is 0 Å². The van der Waals surface area contributed by atoms with Crippen LogP contribution in [0.4, 0.5) is 0 Å². The largest absolute Gasteiger partial charge is 0.289 e. The highest BCUT2D eigenvalue weighted by Gasteiger charge is 2.07. The molecule has 0 saturated carbocycles. The van der Waals surface area contributed by atoms with E-state index in [4.69, 9.17) is 11.6 Å². The Hall–Kier alpha value is -2.99. The van der Waals surface area contributed by atoms with Crippen LogP contribution in [0, 0.1) is 0 Å². The SMILES string of the molecule is O=C(Cn1cnc2ccccc2c1=O)N/N=C/c1ccccc1Cl. The predicted molar refractivity (Wildman–Crippen MR) is 93.2 cm³/mol. The number of amides is 1. The molecule has 0 fully saturated rings. The van der Waals surface area contributed by atoms with E-state index in [2.05, 4.69) is 15.5 Å². The Morgan fingerprint density at radius 1 is 1.21 bits per heavy atom. The van der Waals surface area contributed by atoms with Gasteiger partial charge < -0.3 is 0 Å². The van der Waals surface area contributed by atoms with Gasteiger partial charge in [0, 0.05) is 10.6 Å². The average Bonchev–Trinajstić information content (AvgIpc) is 2.59. The van der Waals surface area contributed by atoms with Gasteiger partial charge in [-0.2, -0.15) is 5.10 Å². The van der Waals surface area contributed by atoms with Crippen LogP contribution < -0.4 is 11.0 Å². The lowest BCUT2D eigenvalue weighted by Crippen LogP contribution is -2.30. The fraction of sp³-hybridized carbons (Fsp3) is 0.0588. The van der Waals surface area contributed by atoms with Gasteiger partial charge in [0.2, 0.25) is 0 Å². The fourth-order valence-electron chi connectivity index (χ4n) is 2.16. The zero-order chi connectivity index (χ0) is 16.9. The quantitative estimate of drug-likeness (QED) is 0.584. The van der Waals surface area contributed by atoms with Crippen LogP contribution in [0.1, 0.15) is 5.56 Å². The lowest BCUT2D eigenvalue weighted by molar-refractivity contribution is -0.121. The van der Waals surface area contributed by atoms with Crippen LogP contribution in [-0.4, -0.2) is 21.7 Å². The third-order valence-corrected chi connectivity index (χ3v) is 3.69. The minimum Gasteiger partial charge on any atom is -0.289 e. The van der Waals surface area contributed by atoms with Crippen molar-refractivity contribution in [2.24, 2.45) is 5.10 Å². The number of hydrogen-bond donors (Lipinski definition) is 1. The number of nitrogens with zero attached hydrogens (tertiary/aromatic N) is 3. The third kappa shape index (κ3) is 3.49. The summed E-state index contributed by atoms with van der Waals surface area (Å²) < 4.78 is 1.24. The number of hydrazone groups is 1. The first-order valence-electron chi connectivity index (χ1n) is 7.16. The number of halogens is 1. The zero-order valence-electron chi connectivity index (χ0n) is 12.5. The predicted octanol–water partition coefficient (Wildman–Crippen LogP) is 2.20. The Labute approximate surface area is 142 Å². The first kappa shape index (κ1) is 15.9. The fourth-order valence-corrected chi connectivity index (χ4v) is 2.35. The molecule has 2 aromatic carbocycles. The third-order valence-electron chi connectivity index (χ3n) is 3.34. The molecule has 1 heterocycles. The second kappa shape index (κ2) is 7.06. The van der Waals surface area contributed by atoms with Gasteiger partial charge in [-0.25, -0.2) is 10.4 Å². The van der Waals surface area contributed by atoms with Crippen LogP contribution in [0.5, 0.6) is 0 Å². The summed E-state index contributed by atoms with van der Waals surface area (Å²) in [6.45, 7) is -0.170. The molecule has 0 radical (unpaired) electrons. The number of hydrogen-bond acceptors (Lipinski definition) is 4. The van der Waals surface area contributed by atoms with Crippen molar-refractivity contribution < 1.29 is 4.79 Å². The van der Waals surface area contributed by atoms with Crippen molar-refractivity contribution in [3.05, 3.63) is 75.8 Å². The number of para-hydroxylation sites is 1. The summed E-state index contributed by atoms with van der Waals surface area (Å²) in [6, 6.07) is 14.1. The summed E-state index contributed by atoms with van der Waals surface area (Å²) in [6.07, 6.45) is 2.80. The molecule has 7 heteroatoms. The van der Waals surface area contributed by atoms with Crippen LogP contribution in [0.3, 0.4) is 0 Å². The van der Waals surface area contributed by atoms with Gasteiger partial charge in [0.05, 0.1) is 23.4 Å². The Kier molecular flexibility index (Phi) is 4.67. The topological polar surface area (TPSA) is 76.3 Å². The molecular weight excluding hydrogens is 328 g/mol. The zero-order valence-corrected chi connectivity index (χ0v) is 13.3. The monoisotopic (exact) mass is 340 g/mol. The van der Waals surface area contributed by atoms with Crippen molar-refractivity contribution in [1.29, 1.82) is 0 Å². The number of rotatable bonds is 4. The standard InChI is InChI=1S/C17H13ClN4O2/c18-14-7-3-1-5-12(14)9-20-21-16(23)10-22-11-19-15-8-4-2-6-13(15)17(22)24/h1-9,11H,10H2,(H,21,23)/b20-9+. The molecule has 1 amide bonds.